The predicted octanol–water partition coefficient (Wildman–Crippen LogP) is 3.72. The van der Waals surface area contributed by atoms with Crippen molar-refractivity contribution in [2.75, 3.05) is 36.4 Å². The highest BCUT2D eigenvalue weighted by Gasteiger charge is 2.24. The SMILES string of the molecule is Cc1cc(N2CCN(C(=O)c3cccc(NC(=O)c4ccco4)c3)CC2)nc(C(C)C)n1. The first kappa shape index (κ1) is 21.5. The molecule has 8 heteroatoms. The number of nitrogens with one attached hydrogen (secondary N) is 1. The van der Waals surface area contributed by atoms with Crippen LogP contribution in [-0.2, 0) is 0 Å². The molecule has 0 atom stereocenters. The molecule has 2 amide bonds. The maximum Gasteiger partial charge on any atom is 0.291 e. The largest absolute Gasteiger partial charge is 0.459 e. The van der Waals surface area contributed by atoms with E-state index in [4.69, 9.17) is 9.40 Å². The summed E-state index contributed by atoms with van der Waals surface area (Å²) in [6.07, 6.45) is 1.45. The number of hydrogen-bond acceptors (Lipinski definition) is 6. The second kappa shape index (κ2) is 9.21. The fourth-order valence-electron chi connectivity index (χ4n) is 3.65. The van der Waals surface area contributed by atoms with Gasteiger partial charge in [-0.25, -0.2) is 9.97 Å². The molecule has 0 bridgehead atoms. The number of carbonyl (C=O) groups is 2. The Kier molecular flexibility index (Phi) is 6.20. The standard InChI is InChI=1S/C24H27N5O3/c1-16(2)22-25-17(3)14-21(27-22)28-9-11-29(12-10-28)24(31)18-6-4-7-19(15-18)26-23(30)20-8-5-13-32-20/h4-8,13-16H,9-12H2,1-3H3,(H,26,30). The number of carbonyl (C=O) groups excluding carboxylic acids is 2. The fraction of sp³-hybridized carbons (Fsp3) is 0.333. The van der Waals surface area contributed by atoms with E-state index in [9.17, 15) is 9.59 Å². The van der Waals surface area contributed by atoms with Gasteiger partial charge in [0.2, 0.25) is 0 Å². The number of benzene rings is 1. The third kappa shape index (κ3) is 4.80. The maximum absolute atomic E-state index is 13.1. The Morgan fingerprint density at radius 1 is 1.03 bits per heavy atom. The molecule has 1 aliphatic rings. The molecule has 0 spiro atoms. The third-order valence-corrected chi connectivity index (χ3v) is 5.38. The minimum Gasteiger partial charge on any atom is -0.459 e. The van der Waals surface area contributed by atoms with E-state index in [0.717, 1.165) is 17.3 Å². The van der Waals surface area contributed by atoms with Gasteiger partial charge in [0, 0.05) is 55.1 Å². The molecule has 2 aromatic heterocycles. The van der Waals surface area contributed by atoms with E-state index < -0.39 is 0 Å². The Hall–Kier alpha value is -3.68. The van der Waals surface area contributed by atoms with Crippen molar-refractivity contribution in [3.05, 3.63) is 71.6 Å². The minimum atomic E-state index is -0.353. The van der Waals surface area contributed by atoms with Crippen LogP contribution < -0.4 is 10.2 Å². The van der Waals surface area contributed by atoms with Crippen molar-refractivity contribution in [1.82, 2.24) is 14.9 Å². The Morgan fingerprint density at radius 2 is 1.81 bits per heavy atom. The van der Waals surface area contributed by atoms with E-state index in [1.165, 1.54) is 6.26 Å². The first-order valence-corrected chi connectivity index (χ1v) is 10.8. The van der Waals surface area contributed by atoms with Gasteiger partial charge >= 0.3 is 0 Å². The number of aromatic nitrogens is 2. The van der Waals surface area contributed by atoms with Crippen molar-refractivity contribution >= 4 is 23.3 Å². The number of anilines is 2. The third-order valence-electron chi connectivity index (χ3n) is 5.38. The molecule has 1 saturated heterocycles. The van der Waals surface area contributed by atoms with Crippen molar-refractivity contribution in [2.24, 2.45) is 0 Å². The van der Waals surface area contributed by atoms with Crippen LogP contribution in [0.25, 0.3) is 0 Å². The number of aryl methyl sites for hydroxylation is 1. The van der Waals surface area contributed by atoms with Crippen LogP contribution in [0, 0.1) is 6.92 Å². The molecule has 0 saturated carbocycles. The Balaban J connectivity index is 1.40. The maximum atomic E-state index is 13.1. The van der Waals surface area contributed by atoms with Gasteiger partial charge < -0.3 is 19.5 Å². The Bertz CT molecular complexity index is 1100. The summed E-state index contributed by atoms with van der Waals surface area (Å²) in [5, 5.41) is 2.76. The van der Waals surface area contributed by atoms with Crippen molar-refractivity contribution in [3.8, 4) is 0 Å². The first-order chi connectivity index (χ1) is 15.4. The molecular formula is C24H27N5O3. The molecule has 0 aliphatic carbocycles. The summed E-state index contributed by atoms with van der Waals surface area (Å²) >= 11 is 0. The molecule has 0 radical (unpaired) electrons. The second-order valence-corrected chi connectivity index (χ2v) is 8.17. The first-order valence-electron chi connectivity index (χ1n) is 10.8. The smallest absolute Gasteiger partial charge is 0.291 e. The van der Waals surface area contributed by atoms with Gasteiger partial charge in [-0.1, -0.05) is 19.9 Å². The lowest BCUT2D eigenvalue weighted by Gasteiger charge is -2.35. The molecule has 1 N–H and O–H groups in total. The molecule has 1 aromatic carbocycles. The van der Waals surface area contributed by atoms with E-state index in [0.29, 0.717) is 37.4 Å². The number of piperazine rings is 1. The summed E-state index contributed by atoms with van der Waals surface area (Å²) in [6.45, 7) is 8.75. The molecule has 8 nitrogen and oxygen atoms in total. The van der Waals surface area contributed by atoms with Gasteiger partial charge in [-0.15, -0.1) is 0 Å². The molecule has 0 unspecified atom stereocenters. The normalized spacial score (nSPS) is 14.0. The van der Waals surface area contributed by atoms with Crippen LogP contribution in [0.1, 0.15) is 52.2 Å². The van der Waals surface area contributed by atoms with Gasteiger partial charge in [0.1, 0.15) is 11.6 Å². The van der Waals surface area contributed by atoms with Crippen LogP contribution in [-0.4, -0.2) is 52.9 Å². The Morgan fingerprint density at radius 3 is 2.50 bits per heavy atom. The lowest BCUT2D eigenvalue weighted by molar-refractivity contribution is 0.0746. The van der Waals surface area contributed by atoms with Crippen LogP contribution >= 0.6 is 0 Å². The summed E-state index contributed by atoms with van der Waals surface area (Å²) in [5.74, 6) is 1.83. The average Bonchev–Trinajstić information content (AvgIpc) is 3.34. The summed E-state index contributed by atoms with van der Waals surface area (Å²) < 4.78 is 5.11. The molecule has 166 valence electrons. The number of amides is 2. The molecule has 4 rings (SSSR count). The fourth-order valence-corrected chi connectivity index (χ4v) is 3.65. The van der Waals surface area contributed by atoms with E-state index in [1.54, 1.807) is 36.4 Å². The Labute approximate surface area is 187 Å². The predicted molar refractivity (Wildman–Crippen MR) is 122 cm³/mol. The van der Waals surface area contributed by atoms with E-state index in [2.05, 4.69) is 29.0 Å². The highest BCUT2D eigenvalue weighted by atomic mass is 16.3. The summed E-state index contributed by atoms with van der Waals surface area (Å²) in [7, 11) is 0. The van der Waals surface area contributed by atoms with Crippen molar-refractivity contribution < 1.29 is 14.0 Å². The van der Waals surface area contributed by atoms with Crippen molar-refractivity contribution in [2.45, 2.75) is 26.7 Å². The molecule has 3 heterocycles. The van der Waals surface area contributed by atoms with Crippen molar-refractivity contribution in [1.29, 1.82) is 0 Å². The topological polar surface area (TPSA) is 91.6 Å². The molecule has 1 aliphatic heterocycles. The van der Waals surface area contributed by atoms with E-state index in [-0.39, 0.29) is 23.5 Å². The minimum absolute atomic E-state index is 0.0551. The van der Waals surface area contributed by atoms with Crippen LogP contribution in [0.15, 0.2) is 53.1 Å². The van der Waals surface area contributed by atoms with Gasteiger partial charge in [0.15, 0.2) is 5.76 Å². The van der Waals surface area contributed by atoms with Gasteiger partial charge in [-0.2, -0.15) is 0 Å². The zero-order valence-electron chi connectivity index (χ0n) is 18.5. The molecule has 32 heavy (non-hydrogen) atoms. The zero-order chi connectivity index (χ0) is 22.7. The van der Waals surface area contributed by atoms with E-state index in [1.807, 2.05) is 17.9 Å². The van der Waals surface area contributed by atoms with Gasteiger partial charge in [-0.3, -0.25) is 9.59 Å². The lowest BCUT2D eigenvalue weighted by atomic mass is 10.1. The quantitative estimate of drug-likeness (QED) is 0.659. The second-order valence-electron chi connectivity index (χ2n) is 8.17. The van der Waals surface area contributed by atoms with E-state index >= 15 is 0 Å². The van der Waals surface area contributed by atoms with Crippen LogP contribution in [0.2, 0.25) is 0 Å². The summed E-state index contributed by atoms with van der Waals surface area (Å²) in [5.41, 5.74) is 2.04. The number of hydrogen-bond donors (Lipinski definition) is 1. The van der Waals surface area contributed by atoms with Crippen molar-refractivity contribution in [3.63, 3.8) is 0 Å². The molecule has 3 aromatic rings. The van der Waals surface area contributed by atoms with Gasteiger partial charge in [-0.05, 0) is 37.3 Å². The lowest BCUT2D eigenvalue weighted by Crippen LogP contribution is -2.49. The zero-order valence-corrected chi connectivity index (χ0v) is 18.5. The number of rotatable bonds is 5. The molecule has 1 fully saturated rings. The highest BCUT2D eigenvalue weighted by Crippen LogP contribution is 2.20. The molecular weight excluding hydrogens is 406 g/mol. The number of nitrogens with zero attached hydrogens (tertiary/aromatic N) is 4. The monoisotopic (exact) mass is 433 g/mol. The van der Waals surface area contributed by atoms with Crippen LogP contribution in [0.3, 0.4) is 0 Å². The van der Waals surface area contributed by atoms with Gasteiger partial charge in [0.25, 0.3) is 11.8 Å². The summed E-state index contributed by atoms with van der Waals surface area (Å²) in [4.78, 5) is 38.5. The van der Waals surface area contributed by atoms with Crippen LogP contribution in [0.5, 0.6) is 0 Å². The van der Waals surface area contributed by atoms with Crippen LogP contribution in [0.4, 0.5) is 11.5 Å². The number of furan rings is 1. The highest BCUT2D eigenvalue weighted by molar-refractivity contribution is 6.03. The van der Waals surface area contributed by atoms with Gasteiger partial charge in [0.05, 0.1) is 6.26 Å². The average molecular weight is 434 g/mol. The summed E-state index contributed by atoms with van der Waals surface area (Å²) in [6, 6.07) is 12.2.